The van der Waals surface area contributed by atoms with E-state index in [0.29, 0.717) is 5.56 Å². The van der Waals surface area contributed by atoms with Crippen molar-refractivity contribution in [1.82, 2.24) is 42.5 Å². The molecule has 0 bridgehead atoms. The minimum atomic E-state index is -1.87. The van der Waals surface area contributed by atoms with Gasteiger partial charge in [-0.15, -0.1) is 0 Å². The molecule has 0 saturated carbocycles. The fourth-order valence-corrected chi connectivity index (χ4v) is 6.06. The van der Waals surface area contributed by atoms with Gasteiger partial charge in [0.15, 0.2) is 0 Å². The Kier molecular flexibility index (Phi) is 25.2. The first kappa shape index (κ1) is 60.0. The van der Waals surface area contributed by atoms with E-state index in [1.807, 2.05) is 5.32 Å². The zero-order chi connectivity index (χ0) is 52.9. The number of nitrogens with one attached hydrogen (secondary N) is 8. The molecular weight excluding hydrogens is 921 g/mol. The Morgan fingerprint density at radius 1 is 0.551 bits per heavy atom. The predicted octanol–water partition coefficient (Wildman–Crippen LogP) is -7.22. The molecule has 69 heavy (non-hydrogen) atoms. The van der Waals surface area contributed by atoms with E-state index in [2.05, 4.69) is 37.2 Å². The van der Waals surface area contributed by atoms with Crippen LogP contribution in [0, 0.1) is 5.92 Å². The van der Waals surface area contributed by atoms with Gasteiger partial charge in [-0.2, -0.15) is 0 Å². The number of carboxylic acid groups (broad SMARTS) is 2. The van der Waals surface area contributed by atoms with E-state index in [4.69, 9.17) is 11.5 Å². The number of benzene rings is 1. The third kappa shape index (κ3) is 21.2. The molecule has 386 valence electrons. The first-order chi connectivity index (χ1) is 32.1. The third-order valence-electron chi connectivity index (χ3n) is 9.88. The Hall–Kier alpha value is -7.01. The van der Waals surface area contributed by atoms with E-state index in [1.165, 1.54) is 24.3 Å². The van der Waals surface area contributed by atoms with Crippen LogP contribution in [-0.2, 0) is 59.2 Å². The van der Waals surface area contributed by atoms with Gasteiger partial charge in [0, 0.05) is 12.8 Å². The van der Waals surface area contributed by atoms with Crippen molar-refractivity contribution in [2.75, 3.05) is 13.2 Å². The number of aromatic hydroxyl groups is 1. The summed E-state index contributed by atoms with van der Waals surface area (Å²) in [4.78, 5) is 141. The van der Waals surface area contributed by atoms with Crippen molar-refractivity contribution in [3.05, 3.63) is 29.8 Å². The standard InChI is InChI=1S/C41H64N10O18/c1-17(2)12-25(37(64)51-32(20(5)55)40(67)48-27(41(68)69)14-29(43)57)46-35(62)24(10-11-30(58)59)45-38(65)28(16-53)49-33(60)18(3)44-36(63)26(13-21-6-8-22(56)9-7-21)47-39(66)31(19(4)54)50-34(61)23(42)15-52/h6-9,17-20,23-28,31-32,52-56H,10-16,42H2,1-5H3,(H2,43,57)(H,44,63)(H,45,65)(H,46,62)(H,47,66)(H,48,67)(H,49,60)(H,50,61)(H,51,64)(H,58,59)(H,68,69)/t18-,19+,20+,23-,24-,25-,26-,27-,28-,31-,32-/m0/s1. The summed E-state index contributed by atoms with van der Waals surface area (Å²) < 4.78 is 0. The molecule has 0 aliphatic heterocycles. The maximum absolute atomic E-state index is 13.7. The van der Waals surface area contributed by atoms with Crippen molar-refractivity contribution in [3.8, 4) is 5.75 Å². The molecule has 0 heterocycles. The number of phenolic OH excluding ortho intramolecular Hbond substituents is 1. The summed E-state index contributed by atoms with van der Waals surface area (Å²) in [5.41, 5.74) is 10.9. The lowest BCUT2D eigenvalue weighted by molar-refractivity contribution is -0.144. The Bertz CT molecular complexity index is 1980. The molecule has 9 amide bonds. The molecule has 0 aliphatic carbocycles. The van der Waals surface area contributed by atoms with Gasteiger partial charge in [-0.3, -0.25) is 47.9 Å². The first-order valence-electron chi connectivity index (χ1n) is 21.4. The normalized spacial score (nSPS) is 15.9. The molecule has 1 aromatic carbocycles. The Balaban J connectivity index is 3.30. The topological polar surface area (TPSA) is 478 Å². The second-order valence-electron chi connectivity index (χ2n) is 16.4. The summed E-state index contributed by atoms with van der Waals surface area (Å²) in [7, 11) is 0. The maximum atomic E-state index is 13.7. The molecule has 19 N–H and O–H groups in total. The summed E-state index contributed by atoms with van der Waals surface area (Å²) >= 11 is 0. The fourth-order valence-electron chi connectivity index (χ4n) is 6.06. The van der Waals surface area contributed by atoms with Gasteiger partial charge in [0.25, 0.3) is 0 Å². The molecule has 0 spiro atoms. The molecule has 28 nitrogen and oxygen atoms in total. The molecule has 0 unspecified atom stereocenters. The van der Waals surface area contributed by atoms with E-state index in [0.717, 1.165) is 20.8 Å². The molecule has 0 aliphatic rings. The van der Waals surface area contributed by atoms with E-state index in [-0.39, 0.29) is 24.5 Å². The second-order valence-corrected chi connectivity index (χ2v) is 16.4. The molecular formula is C41H64N10O18. The van der Waals surface area contributed by atoms with Crippen LogP contribution in [0.2, 0.25) is 0 Å². The minimum absolute atomic E-state index is 0.133. The van der Waals surface area contributed by atoms with Crippen molar-refractivity contribution in [1.29, 1.82) is 0 Å². The summed E-state index contributed by atoms with van der Waals surface area (Å²) in [5, 5.41) is 86.1. The zero-order valence-corrected chi connectivity index (χ0v) is 38.5. The van der Waals surface area contributed by atoms with Crippen LogP contribution in [0.25, 0.3) is 0 Å². The largest absolute Gasteiger partial charge is 0.508 e. The Morgan fingerprint density at radius 2 is 1.00 bits per heavy atom. The summed E-state index contributed by atoms with van der Waals surface area (Å²) in [5.74, 6) is -13.6. The Labute approximate surface area is 395 Å². The summed E-state index contributed by atoms with van der Waals surface area (Å²) in [6, 6.07) is -9.71. The molecule has 1 rings (SSSR count). The quantitative estimate of drug-likeness (QED) is 0.0340. The second kappa shape index (κ2) is 29.0. The number of nitrogens with two attached hydrogens (primary N) is 2. The maximum Gasteiger partial charge on any atom is 0.326 e. The van der Waals surface area contributed by atoms with Gasteiger partial charge in [0.05, 0.1) is 31.8 Å². The van der Waals surface area contributed by atoms with Crippen LogP contribution >= 0.6 is 0 Å². The van der Waals surface area contributed by atoms with Crippen LogP contribution in [0.3, 0.4) is 0 Å². The average Bonchev–Trinajstić information content (AvgIpc) is 3.26. The number of hydrogen-bond acceptors (Lipinski definition) is 17. The van der Waals surface area contributed by atoms with Crippen molar-refractivity contribution in [2.45, 2.75) is 133 Å². The number of rotatable bonds is 30. The Morgan fingerprint density at radius 3 is 1.46 bits per heavy atom. The van der Waals surface area contributed by atoms with Crippen LogP contribution in [0.1, 0.15) is 65.9 Å². The number of carboxylic acids is 2. The van der Waals surface area contributed by atoms with Gasteiger partial charge < -0.3 is 89.7 Å². The highest BCUT2D eigenvalue weighted by molar-refractivity contribution is 5.98. The molecule has 1 aromatic rings. The van der Waals surface area contributed by atoms with Gasteiger partial charge in [0.2, 0.25) is 53.2 Å². The zero-order valence-electron chi connectivity index (χ0n) is 38.5. The van der Waals surface area contributed by atoms with E-state index < -0.39 is 164 Å². The third-order valence-corrected chi connectivity index (χ3v) is 9.88. The monoisotopic (exact) mass is 984 g/mol. The summed E-state index contributed by atoms with van der Waals surface area (Å²) in [6.45, 7) is 4.70. The molecule has 0 saturated heterocycles. The van der Waals surface area contributed by atoms with Crippen LogP contribution in [0.15, 0.2) is 24.3 Å². The molecule has 0 radical (unpaired) electrons. The number of phenols is 1. The van der Waals surface area contributed by atoms with Crippen LogP contribution < -0.4 is 54.0 Å². The highest BCUT2D eigenvalue weighted by Crippen LogP contribution is 2.13. The molecule has 0 fully saturated rings. The van der Waals surface area contributed by atoms with E-state index >= 15 is 0 Å². The number of aliphatic carboxylic acids is 2. The van der Waals surface area contributed by atoms with Gasteiger partial charge in [-0.05, 0) is 57.2 Å². The smallest absolute Gasteiger partial charge is 0.326 e. The van der Waals surface area contributed by atoms with Gasteiger partial charge in [0.1, 0.15) is 60.1 Å². The number of carbonyl (C=O) groups excluding carboxylic acids is 9. The van der Waals surface area contributed by atoms with Crippen molar-refractivity contribution in [2.24, 2.45) is 17.4 Å². The summed E-state index contributed by atoms with van der Waals surface area (Å²) in [6.07, 6.45) is -5.84. The molecule has 11 atom stereocenters. The van der Waals surface area contributed by atoms with Crippen LogP contribution in [0.4, 0.5) is 0 Å². The lowest BCUT2D eigenvalue weighted by Gasteiger charge is -2.28. The van der Waals surface area contributed by atoms with Crippen molar-refractivity contribution in [3.63, 3.8) is 0 Å². The SMILES string of the molecule is CC(C)C[C@H](NC(=O)[C@H](CCC(=O)O)NC(=O)[C@H](CO)NC(=O)[C@H](C)NC(=O)[C@H](Cc1ccc(O)cc1)NC(=O)[C@@H](NC(=O)[C@@H](N)CO)[C@@H](C)O)C(=O)N[C@H](C(=O)N[C@@H](CC(N)=O)C(=O)O)[C@@H](C)O. The highest BCUT2D eigenvalue weighted by atomic mass is 16.4. The number of carbonyl (C=O) groups is 11. The van der Waals surface area contributed by atoms with E-state index in [1.54, 1.807) is 13.8 Å². The van der Waals surface area contributed by atoms with Crippen molar-refractivity contribution >= 4 is 65.1 Å². The predicted molar refractivity (Wildman–Crippen MR) is 236 cm³/mol. The number of hydrogen-bond donors (Lipinski definition) is 17. The van der Waals surface area contributed by atoms with E-state index in [9.17, 15) is 88.5 Å². The highest BCUT2D eigenvalue weighted by Gasteiger charge is 2.36. The minimum Gasteiger partial charge on any atom is -0.508 e. The molecule has 0 aromatic heterocycles. The number of primary amides is 1. The average molecular weight is 985 g/mol. The van der Waals surface area contributed by atoms with Crippen LogP contribution in [-0.4, -0.2) is 181 Å². The number of amides is 9. The van der Waals surface area contributed by atoms with Gasteiger partial charge >= 0.3 is 11.9 Å². The van der Waals surface area contributed by atoms with Crippen molar-refractivity contribution < 1.29 is 88.5 Å². The number of aliphatic hydroxyl groups is 4. The molecule has 28 heteroatoms. The fraction of sp³-hybridized carbons (Fsp3) is 0.585. The van der Waals surface area contributed by atoms with Gasteiger partial charge in [-0.1, -0.05) is 26.0 Å². The lowest BCUT2D eigenvalue weighted by Crippen LogP contribution is -2.62. The lowest BCUT2D eigenvalue weighted by atomic mass is 10.0. The van der Waals surface area contributed by atoms with Gasteiger partial charge in [-0.25, -0.2) is 4.79 Å². The number of aliphatic hydroxyl groups excluding tert-OH is 4. The van der Waals surface area contributed by atoms with Crippen LogP contribution in [0.5, 0.6) is 5.75 Å². The first-order valence-corrected chi connectivity index (χ1v) is 21.4.